The highest BCUT2D eigenvalue weighted by Gasteiger charge is 2.28. The minimum atomic E-state index is -0.287. The monoisotopic (exact) mass is 1100 g/mol. The minimum Gasteiger partial charge on any atom is -0.271 e. The third-order valence-corrected chi connectivity index (χ3v) is 19.7. The average Bonchev–Trinajstić information content (AvgIpc) is 4.27. The normalized spacial score (nSPS) is 21.0. The van der Waals surface area contributed by atoms with Gasteiger partial charge in [0.25, 0.3) is 44.5 Å². The zero-order valence-corrected chi connectivity index (χ0v) is 48.8. The van der Waals surface area contributed by atoms with Crippen molar-refractivity contribution in [2.75, 3.05) is 0 Å². The van der Waals surface area contributed by atoms with E-state index in [-0.39, 0.29) is 68.6 Å². The summed E-state index contributed by atoms with van der Waals surface area (Å²) in [6.07, 6.45) is 48.9. The zero-order valence-electron chi connectivity index (χ0n) is 48.8. The number of fused-ring (bicyclic) bond motifs is 4. The van der Waals surface area contributed by atoms with E-state index >= 15 is 0 Å². The Morgan fingerprint density at radius 2 is 0.275 bits per heavy atom. The highest BCUT2D eigenvalue weighted by molar-refractivity contribution is 5.99. The molecule has 0 bridgehead atoms. The summed E-state index contributed by atoms with van der Waals surface area (Å²) in [5.74, 6) is 0. The van der Waals surface area contributed by atoms with Gasteiger partial charge in [-0.2, -0.15) is 0 Å². The van der Waals surface area contributed by atoms with Crippen molar-refractivity contribution in [1.82, 2.24) is 18.3 Å². The first-order chi connectivity index (χ1) is 39.2. The molecule has 0 radical (unpaired) electrons. The van der Waals surface area contributed by atoms with Gasteiger partial charge in [-0.15, -0.1) is 0 Å². The van der Waals surface area contributed by atoms with Gasteiger partial charge in [0.2, 0.25) is 0 Å². The van der Waals surface area contributed by atoms with Crippen LogP contribution in [0.4, 0.5) is 0 Å². The summed E-state index contributed by atoms with van der Waals surface area (Å²) in [7, 11) is 0. The predicted molar refractivity (Wildman–Crippen MR) is 329 cm³/mol. The van der Waals surface area contributed by atoms with Crippen molar-refractivity contribution < 1.29 is 0 Å². The molecule has 12 heteroatoms. The molecule has 80 heavy (non-hydrogen) atoms. The number of hydrogen-bond donors (Lipinski definition) is 0. The molecular weight excluding hydrogens is 1000 g/mol. The Morgan fingerprint density at radius 3 is 0.388 bits per heavy atom. The average molecular weight is 1100 g/mol. The number of rotatable bonds is 4. The summed E-state index contributed by atoms with van der Waals surface area (Å²) in [5.41, 5.74) is -2.30. The molecular formula is C68H96N4O8. The molecule has 2 aromatic carbocycles. The Hall–Kier alpha value is -5.00. The quantitative estimate of drug-likeness (QED) is 0.169. The summed E-state index contributed by atoms with van der Waals surface area (Å²) in [6, 6.07) is 5.82. The fourth-order valence-corrected chi connectivity index (χ4v) is 14.9. The molecule has 4 aliphatic carbocycles. The molecule has 436 valence electrons. The summed E-state index contributed by atoms with van der Waals surface area (Å²) < 4.78 is 5.85. The third-order valence-electron chi connectivity index (χ3n) is 19.7. The maximum absolute atomic E-state index is 13.7. The molecule has 0 aliphatic heterocycles. The van der Waals surface area contributed by atoms with Crippen molar-refractivity contribution in [1.29, 1.82) is 0 Å². The first-order valence-corrected chi connectivity index (χ1v) is 33.0. The molecule has 4 heterocycles. The summed E-state index contributed by atoms with van der Waals surface area (Å²) in [6.45, 7) is 0. The van der Waals surface area contributed by atoms with E-state index in [1.54, 1.807) is 24.3 Å². The van der Waals surface area contributed by atoms with Crippen molar-refractivity contribution in [3.05, 3.63) is 107 Å². The van der Waals surface area contributed by atoms with Crippen LogP contribution >= 0.6 is 0 Å². The van der Waals surface area contributed by atoms with Gasteiger partial charge in [0.15, 0.2) is 0 Å². The maximum Gasteiger partial charge on any atom is 0.261 e. The lowest BCUT2D eigenvalue weighted by molar-refractivity contribution is 0.377. The molecule has 4 fully saturated rings. The van der Waals surface area contributed by atoms with Crippen LogP contribution in [0.5, 0.6) is 0 Å². The molecule has 4 aromatic heterocycles. The molecule has 12 nitrogen and oxygen atoms in total. The SMILES string of the molecule is O=c1c2cc3c(=O)n(C4CCCCCCCCCCC4)c(=O)c3cc2c(=O)n1C1CCCCCCCCCCC1.O=c1c2cc3c(=O)n(C4CCCCCCCCCCC4)c(=O)c3cc2c(=O)n1C1CCCCCCCCCCC1. The van der Waals surface area contributed by atoms with Crippen LogP contribution in [0.15, 0.2) is 62.6 Å². The van der Waals surface area contributed by atoms with E-state index in [1.807, 2.05) is 0 Å². The van der Waals surface area contributed by atoms with Crippen LogP contribution in [0, 0.1) is 0 Å². The Morgan fingerprint density at radius 1 is 0.175 bits per heavy atom. The van der Waals surface area contributed by atoms with Gasteiger partial charge in [-0.05, 0) is 75.6 Å². The van der Waals surface area contributed by atoms with Crippen molar-refractivity contribution in [2.45, 2.75) is 307 Å². The second kappa shape index (κ2) is 29.8. The Labute approximate surface area is 473 Å². The first-order valence-electron chi connectivity index (χ1n) is 33.0. The van der Waals surface area contributed by atoms with Gasteiger partial charge in [0, 0.05) is 24.2 Å². The Bertz CT molecular complexity index is 2750. The van der Waals surface area contributed by atoms with Crippen molar-refractivity contribution >= 4 is 43.1 Å². The van der Waals surface area contributed by atoms with Gasteiger partial charge in [0.05, 0.1) is 43.1 Å². The molecule has 0 N–H and O–H groups in total. The van der Waals surface area contributed by atoms with Crippen LogP contribution in [0.3, 0.4) is 0 Å². The summed E-state index contributed by atoms with van der Waals surface area (Å²) in [5, 5.41) is 2.42. The van der Waals surface area contributed by atoms with E-state index in [0.29, 0.717) is 43.1 Å². The molecule has 0 atom stereocenters. The van der Waals surface area contributed by atoms with Gasteiger partial charge in [-0.25, -0.2) is 0 Å². The fourth-order valence-electron chi connectivity index (χ4n) is 14.9. The molecule has 10 rings (SSSR count). The van der Waals surface area contributed by atoms with Crippen LogP contribution in [0.1, 0.15) is 307 Å². The van der Waals surface area contributed by atoms with E-state index in [0.717, 1.165) is 154 Å². The topological polar surface area (TPSA) is 156 Å². The van der Waals surface area contributed by atoms with Gasteiger partial charge in [-0.3, -0.25) is 56.6 Å². The third kappa shape index (κ3) is 14.2. The van der Waals surface area contributed by atoms with Crippen LogP contribution in [0.2, 0.25) is 0 Å². The molecule has 6 aromatic rings. The van der Waals surface area contributed by atoms with Crippen LogP contribution in [-0.2, 0) is 0 Å². The molecule has 0 amide bonds. The van der Waals surface area contributed by atoms with Crippen LogP contribution in [-0.4, -0.2) is 18.3 Å². The van der Waals surface area contributed by atoms with Gasteiger partial charge in [-0.1, -0.05) is 231 Å². The summed E-state index contributed by atoms with van der Waals surface area (Å²) in [4.78, 5) is 109. The fraction of sp³-hybridized carbons (Fsp3) is 0.706. The Balaban J connectivity index is 0.000000194. The molecule has 4 aliphatic rings. The number of nitrogens with zero attached hydrogens (tertiary/aromatic N) is 4. The van der Waals surface area contributed by atoms with E-state index in [9.17, 15) is 38.4 Å². The van der Waals surface area contributed by atoms with Crippen molar-refractivity contribution in [3.63, 3.8) is 0 Å². The van der Waals surface area contributed by atoms with Crippen LogP contribution in [0.25, 0.3) is 43.1 Å². The number of aromatic nitrogens is 4. The number of benzene rings is 2. The second-order valence-electron chi connectivity index (χ2n) is 25.5. The lowest BCUT2D eigenvalue weighted by Gasteiger charge is -2.18. The second-order valence-corrected chi connectivity index (χ2v) is 25.5. The minimum absolute atomic E-state index is 0.110. The first kappa shape index (κ1) is 59.6. The van der Waals surface area contributed by atoms with Crippen molar-refractivity contribution in [3.8, 4) is 0 Å². The van der Waals surface area contributed by atoms with Gasteiger partial charge < -0.3 is 0 Å². The highest BCUT2D eigenvalue weighted by Crippen LogP contribution is 2.30. The van der Waals surface area contributed by atoms with E-state index in [4.69, 9.17) is 0 Å². The molecule has 0 unspecified atom stereocenters. The predicted octanol–water partition coefficient (Wildman–Crippen LogP) is 15.2. The van der Waals surface area contributed by atoms with Gasteiger partial charge in [0.1, 0.15) is 0 Å². The molecule has 0 spiro atoms. The summed E-state index contributed by atoms with van der Waals surface area (Å²) >= 11 is 0. The molecule has 4 saturated carbocycles. The standard InChI is InChI=1S/2C34H48N2O4/c2*37-31-27-23-29-30(34(40)36(33(29)39)26-21-17-13-9-5-2-6-10-14-18-22-26)24-28(27)32(38)35(31)25-19-15-11-7-3-1-4-8-12-16-20-25/h2*23-26H,1-22H2. The van der Waals surface area contributed by atoms with Crippen LogP contribution < -0.4 is 44.5 Å². The van der Waals surface area contributed by atoms with Gasteiger partial charge >= 0.3 is 0 Å². The zero-order chi connectivity index (χ0) is 55.8. The van der Waals surface area contributed by atoms with Crippen molar-refractivity contribution in [2.24, 2.45) is 0 Å². The maximum atomic E-state index is 13.7. The van der Waals surface area contributed by atoms with E-state index in [2.05, 4.69) is 0 Å². The lowest BCUT2D eigenvalue weighted by atomic mass is 9.98. The Kier molecular flexibility index (Phi) is 22.2. The smallest absolute Gasteiger partial charge is 0.261 e. The number of hydrogen-bond acceptors (Lipinski definition) is 8. The molecule has 0 saturated heterocycles. The highest BCUT2D eigenvalue weighted by atomic mass is 16.2. The van der Waals surface area contributed by atoms with E-state index in [1.165, 1.54) is 147 Å². The lowest BCUT2D eigenvalue weighted by Crippen LogP contribution is -2.31. The van der Waals surface area contributed by atoms with E-state index < -0.39 is 0 Å². The largest absolute Gasteiger partial charge is 0.271 e.